The number of aryl methyl sites for hydroxylation is 2. The number of hydrogen-bond acceptors (Lipinski definition) is 3. The van der Waals surface area contributed by atoms with Crippen LogP contribution in [0.3, 0.4) is 0 Å². The summed E-state index contributed by atoms with van der Waals surface area (Å²) in [5, 5.41) is 4.91. The highest BCUT2D eigenvalue weighted by Crippen LogP contribution is 2.26. The van der Waals surface area contributed by atoms with Crippen LogP contribution in [0.4, 0.5) is 0 Å². The molecule has 0 aliphatic rings. The van der Waals surface area contributed by atoms with E-state index < -0.39 is 0 Å². The van der Waals surface area contributed by atoms with E-state index in [1.165, 1.54) is 0 Å². The van der Waals surface area contributed by atoms with Gasteiger partial charge >= 0.3 is 0 Å². The number of para-hydroxylation sites is 1. The van der Waals surface area contributed by atoms with Crippen molar-refractivity contribution in [3.05, 3.63) is 46.2 Å². The van der Waals surface area contributed by atoms with Crippen molar-refractivity contribution in [2.24, 2.45) is 12.8 Å². The zero-order chi connectivity index (χ0) is 14.0. The number of rotatable bonds is 4. The van der Waals surface area contributed by atoms with E-state index in [1.807, 2.05) is 45.2 Å². The number of aromatic nitrogens is 2. The van der Waals surface area contributed by atoms with Gasteiger partial charge in [-0.25, -0.2) is 0 Å². The second-order valence-electron chi connectivity index (χ2n) is 4.58. The van der Waals surface area contributed by atoms with Gasteiger partial charge in [0.2, 0.25) is 0 Å². The van der Waals surface area contributed by atoms with Gasteiger partial charge in [-0.2, -0.15) is 5.10 Å². The number of halogens is 1. The molecule has 1 atom stereocenters. The number of nitrogens with two attached hydrogens (primary N) is 1. The first-order chi connectivity index (χ1) is 9.00. The molecule has 1 aromatic heterocycles. The highest BCUT2D eigenvalue weighted by molar-refractivity contribution is 6.31. The Labute approximate surface area is 118 Å². The van der Waals surface area contributed by atoms with Crippen molar-refractivity contribution in [1.82, 2.24) is 9.78 Å². The van der Waals surface area contributed by atoms with Crippen molar-refractivity contribution in [2.75, 3.05) is 0 Å². The predicted molar refractivity (Wildman–Crippen MR) is 76.3 cm³/mol. The molecular weight excluding hydrogens is 262 g/mol. The molecule has 102 valence electrons. The van der Waals surface area contributed by atoms with Crippen molar-refractivity contribution in [3.8, 4) is 5.75 Å². The minimum atomic E-state index is -0.0695. The Bertz CT molecular complexity index is 578. The Morgan fingerprint density at radius 1 is 1.42 bits per heavy atom. The maximum Gasteiger partial charge on any atom is 0.131 e. The predicted octanol–water partition coefficient (Wildman–Crippen LogP) is 2.98. The lowest BCUT2D eigenvalue weighted by Gasteiger charge is -2.14. The van der Waals surface area contributed by atoms with Crippen LogP contribution in [0.1, 0.15) is 29.9 Å². The molecule has 0 saturated carbocycles. The van der Waals surface area contributed by atoms with Crippen molar-refractivity contribution in [2.45, 2.75) is 26.5 Å². The molecular formula is C14H18ClN3O. The Morgan fingerprint density at radius 2 is 2.11 bits per heavy atom. The molecule has 2 N–H and O–H groups in total. The Kier molecular flexibility index (Phi) is 4.12. The first kappa shape index (κ1) is 13.9. The monoisotopic (exact) mass is 279 g/mol. The minimum Gasteiger partial charge on any atom is -0.487 e. The molecule has 0 amide bonds. The van der Waals surface area contributed by atoms with Gasteiger partial charge in [0.1, 0.15) is 12.4 Å². The third-order valence-corrected chi connectivity index (χ3v) is 3.53. The summed E-state index contributed by atoms with van der Waals surface area (Å²) in [4.78, 5) is 0. The summed E-state index contributed by atoms with van der Waals surface area (Å²) in [6.45, 7) is 4.19. The zero-order valence-electron chi connectivity index (χ0n) is 11.4. The lowest BCUT2D eigenvalue weighted by Crippen LogP contribution is -2.09. The van der Waals surface area contributed by atoms with E-state index in [0.717, 1.165) is 22.7 Å². The molecule has 0 aliphatic carbocycles. The van der Waals surface area contributed by atoms with E-state index in [2.05, 4.69) is 5.10 Å². The SMILES string of the molecule is Cc1nn(C)c(COc2ccccc2C(C)N)c1Cl. The average molecular weight is 280 g/mol. The Balaban J connectivity index is 2.19. The zero-order valence-corrected chi connectivity index (χ0v) is 12.1. The Morgan fingerprint density at radius 3 is 2.68 bits per heavy atom. The number of ether oxygens (including phenoxy) is 1. The normalized spacial score (nSPS) is 12.5. The third-order valence-electron chi connectivity index (χ3n) is 3.04. The summed E-state index contributed by atoms with van der Waals surface area (Å²) in [6, 6.07) is 7.69. The minimum absolute atomic E-state index is 0.0695. The average Bonchev–Trinajstić information content (AvgIpc) is 2.61. The lowest BCUT2D eigenvalue weighted by atomic mass is 10.1. The Hall–Kier alpha value is -1.52. The van der Waals surface area contributed by atoms with Crippen LogP contribution < -0.4 is 10.5 Å². The fraction of sp³-hybridized carbons (Fsp3) is 0.357. The summed E-state index contributed by atoms with van der Waals surface area (Å²) < 4.78 is 7.58. The van der Waals surface area contributed by atoms with Crippen LogP contribution in [-0.4, -0.2) is 9.78 Å². The molecule has 0 aliphatic heterocycles. The van der Waals surface area contributed by atoms with Gasteiger partial charge < -0.3 is 10.5 Å². The van der Waals surface area contributed by atoms with Crippen LogP contribution in [0, 0.1) is 6.92 Å². The molecule has 5 heteroatoms. The van der Waals surface area contributed by atoms with E-state index >= 15 is 0 Å². The first-order valence-electron chi connectivity index (χ1n) is 6.16. The van der Waals surface area contributed by atoms with E-state index in [0.29, 0.717) is 11.6 Å². The molecule has 4 nitrogen and oxygen atoms in total. The molecule has 1 unspecified atom stereocenters. The van der Waals surface area contributed by atoms with E-state index in [1.54, 1.807) is 4.68 Å². The van der Waals surface area contributed by atoms with Crippen LogP contribution in [0.15, 0.2) is 24.3 Å². The van der Waals surface area contributed by atoms with Crippen LogP contribution in [0.25, 0.3) is 0 Å². The van der Waals surface area contributed by atoms with Crippen molar-refractivity contribution in [1.29, 1.82) is 0 Å². The first-order valence-corrected chi connectivity index (χ1v) is 6.53. The standard InChI is InChI=1S/C14H18ClN3O/c1-9(16)11-6-4-5-7-13(11)19-8-12-14(15)10(2)17-18(12)3/h4-7,9H,8,16H2,1-3H3. The van der Waals surface area contributed by atoms with Crippen LogP contribution in [-0.2, 0) is 13.7 Å². The summed E-state index contributed by atoms with van der Waals surface area (Å²) in [5.74, 6) is 0.785. The molecule has 1 heterocycles. The van der Waals surface area contributed by atoms with Crippen LogP contribution in [0.5, 0.6) is 5.75 Å². The van der Waals surface area contributed by atoms with Crippen LogP contribution in [0.2, 0.25) is 5.02 Å². The molecule has 19 heavy (non-hydrogen) atoms. The van der Waals surface area contributed by atoms with Gasteiger partial charge in [-0.3, -0.25) is 4.68 Å². The number of benzene rings is 1. The van der Waals surface area contributed by atoms with E-state index in [9.17, 15) is 0 Å². The fourth-order valence-electron chi connectivity index (χ4n) is 1.97. The maximum atomic E-state index is 6.19. The molecule has 2 aromatic rings. The molecule has 0 radical (unpaired) electrons. The summed E-state index contributed by atoms with van der Waals surface area (Å²) in [6.07, 6.45) is 0. The van der Waals surface area contributed by atoms with Gasteiger partial charge in [0, 0.05) is 18.7 Å². The summed E-state index contributed by atoms with van der Waals surface area (Å²) in [7, 11) is 1.86. The van der Waals surface area contributed by atoms with E-state index in [-0.39, 0.29) is 6.04 Å². The van der Waals surface area contributed by atoms with Gasteiger partial charge in [-0.15, -0.1) is 0 Å². The van der Waals surface area contributed by atoms with Gasteiger partial charge in [0.05, 0.1) is 16.4 Å². The molecule has 1 aromatic carbocycles. The topological polar surface area (TPSA) is 53.1 Å². The van der Waals surface area contributed by atoms with Crippen molar-refractivity contribution in [3.63, 3.8) is 0 Å². The second-order valence-corrected chi connectivity index (χ2v) is 4.96. The molecule has 2 rings (SSSR count). The van der Waals surface area contributed by atoms with Gasteiger partial charge in [-0.05, 0) is 19.9 Å². The van der Waals surface area contributed by atoms with Crippen molar-refractivity contribution >= 4 is 11.6 Å². The summed E-state index contributed by atoms with van der Waals surface area (Å²) >= 11 is 6.19. The van der Waals surface area contributed by atoms with Gasteiger partial charge in [-0.1, -0.05) is 29.8 Å². The van der Waals surface area contributed by atoms with E-state index in [4.69, 9.17) is 22.1 Å². The highest BCUT2D eigenvalue weighted by Gasteiger charge is 2.13. The molecule has 0 spiro atoms. The highest BCUT2D eigenvalue weighted by atomic mass is 35.5. The van der Waals surface area contributed by atoms with Crippen molar-refractivity contribution < 1.29 is 4.74 Å². The largest absolute Gasteiger partial charge is 0.487 e. The lowest BCUT2D eigenvalue weighted by molar-refractivity contribution is 0.290. The van der Waals surface area contributed by atoms with Gasteiger partial charge in [0.25, 0.3) is 0 Å². The number of hydrogen-bond donors (Lipinski definition) is 1. The second kappa shape index (κ2) is 5.63. The van der Waals surface area contributed by atoms with Crippen LogP contribution >= 0.6 is 11.6 Å². The fourth-order valence-corrected chi connectivity index (χ4v) is 2.19. The van der Waals surface area contributed by atoms with Gasteiger partial charge in [0.15, 0.2) is 0 Å². The molecule has 0 fully saturated rings. The maximum absolute atomic E-state index is 6.19. The molecule has 0 bridgehead atoms. The molecule has 0 saturated heterocycles. The smallest absolute Gasteiger partial charge is 0.131 e. The summed E-state index contributed by atoms with van der Waals surface area (Å²) in [5.41, 5.74) is 8.58. The number of nitrogens with zero attached hydrogens (tertiary/aromatic N) is 2. The quantitative estimate of drug-likeness (QED) is 0.936. The third kappa shape index (κ3) is 2.91.